The highest BCUT2D eigenvalue weighted by Crippen LogP contribution is 2.20. The Bertz CT molecular complexity index is 1260. The second kappa shape index (κ2) is 8.71. The van der Waals surface area contributed by atoms with Crippen LogP contribution in [0.1, 0.15) is 31.2 Å². The Morgan fingerprint density at radius 3 is 2.83 bits per heavy atom. The number of aromatic amines is 2. The number of carbonyl (C=O) groups excluding carboxylic acids is 1. The minimum Gasteiger partial charge on any atom is -0.361 e. The zero-order chi connectivity index (χ0) is 21.1. The molecule has 0 fully saturated rings. The normalized spacial score (nSPS) is 11.3. The second-order valence-electron chi connectivity index (χ2n) is 7.35. The van der Waals surface area contributed by atoms with Crippen molar-refractivity contribution in [1.29, 1.82) is 0 Å². The van der Waals surface area contributed by atoms with Crippen molar-refractivity contribution in [3.8, 4) is 0 Å². The van der Waals surface area contributed by atoms with Crippen LogP contribution < -0.4 is 5.56 Å². The lowest BCUT2D eigenvalue weighted by Gasteiger charge is -2.21. The van der Waals surface area contributed by atoms with Crippen molar-refractivity contribution < 1.29 is 4.79 Å². The minimum atomic E-state index is -0.227. The Kier molecular flexibility index (Phi) is 5.86. The van der Waals surface area contributed by atoms with Gasteiger partial charge in [-0.05, 0) is 42.7 Å². The first-order valence-corrected chi connectivity index (χ1v) is 10.4. The quantitative estimate of drug-likeness (QED) is 0.462. The van der Waals surface area contributed by atoms with E-state index in [1.54, 1.807) is 23.1 Å². The first kappa shape index (κ1) is 20.2. The number of fused-ring (bicyclic) bond motifs is 2. The summed E-state index contributed by atoms with van der Waals surface area (Å²) < 4.78 is 0. The summed E-state index contributed by atoms with van der Waals surface area (Å²) in [6, 6.07) is 13.1. The molecule has 0 aliphatic heterocycles. The van der Waals surface area contributed by atoms with E-state index in [0.717, 1.165) is 22.9 Å². The van der Waals surface area contributed by atoms with Crippen LogP contribution in [-0.4, -0.2) is 32.3 Å². The summed E-state index contributed by atoms with van der Waals surface area (Å²) >= 11 is 6.04. The number of hydrogen-bond acceptors (Lipinski definition) is 3. The van der Waals surface area contributed by atoms with E-state index < -0.39 is 0 Å². The highest BCUT2D eigenvalue weighted by molar-refractivity contribution is 6.31. The number of para-hydroxylation sites is 1. The lowest BCUT2D eigenvalue weighted by Crippen LogP contribution is -2.33. The number of rotatable bonds is 7. The van der Waals surface area contributed by atoms with E-state index in [1.165, 1.54) is 0 Å². The lowest BCUT2D eigenvalue weighted by molar-refractivity contribution is -0.131. The van der Waals surface area contributed by atoms with Gasteiger partial charge in [0.15, 0.2) is 0 Å². The number of amides is 1. The van der Waals surface area contributed by atoms with Gasteiger partial charge in [-0.2, -0.15) is 0 Å². The Balaban J connectivity index is 1.51. The van der Waals surface area contributed by atoms with Crippen molar-refractivity contribution in [2.75, 3.05) is 6.54 Å². The molecule has 0 spiro atoms. The van der Waals surface area contributed by atoms with Crippen LogP contribution in [0.15, 0.2) is 53.5 Å². The SMILES string of the molecule is CCCN(Cc1nc2cc(Cl)ccc2c(=O)[nH]1)C(=O)CCc1c[nH]c2ccccc12. The van der Waals surface area contributed by atoms with Gasteiger partial charge in [-0.15, -0.1) is 0 Å². The van der Waals surface area contributed by atoms with Gasteiger partial charge in [0.05, 0.1) is 17.4 Å². The van der Waals surface area contributed by atoms with Crippen molar-refractivity contribution in [3.05, 3.63) is 75.4 Å². The van der Waals surface area contributed by atoms with Crippen LogP contribution in [0.2, 0.25) is 5.02 Å². The van der Waals surface area contributed by atoms with Crippen LogP contribution in [-0.2, 0) is 17.8 Å². The molecule has 7 heteroatoms. The first-order valence-electron chi connectivity index (χ1n) is 10.1. The van der Waals surface area contributed by atoms with Crippen LogP contribution in [0.4, 0.5) is 0 Å². The Hall–Kier alpha value is -3.12. The lowest BCUT2D eigenvalue weighted by atomic mass is 10.1. The van der Waals surface area contributed by atoms with Gasteiger partial charge in [-0.1, -0.05) is 36.7 Å². The van der Waals surface area contributed by atoms with Crippen molar-refractivity contribution in [2.45, 2.75) is 32.7 Å². The van der Waals surface area contributed by atoms with E-state index in [2.05, 4.69) is 21.0 Å². The zero-order valence-corrected chi connectivity index (χ0v) is 17.5. The average molecular weight is 423 g/mol. The summed E-state index contributed by atoms with van der Waals surface area (Å²) in [4.78, 5) is 37.6. The minimum absolute atomic E-state index is 0.0379. The van der Waals surface area contributed by atoms with Gasteiger partial charge in [0, 0.05) is 35.1 Å². The molecule has 4 aromatic rings. The Morgan fingerprint density at radius 2 is 2.00 bits per heavy atom. The number of aromatic nitrogens is 3. The van der Waals surface area contributed by atoms with Crippen LogP contribution in [0.5, 0.6) is 0 Å². The molecule has 6 nitrogen and oxygen atoms in total. The number of nitrogens with one attached hydrogen (secondary N) is 2. The van der Waals surface area contributed by atoms with Gasteiger partial charge in [0.25, 0.3) is 5.56 Å². The van der Waals surface area contributed by atoms with Crippen LogP contribution >= 0.6 is 11.6 Å². The van der Waals surface area contributed by atoms with E-state index in [-0.39, 0.29) is 18.0 Å². The molecule has 2 aromatic carbocycles. The maximum atomic E-state index is 12.9. The molecule has 0 bridgehead atoms. The number of benzene rings is 2. The topological polar surface area (TPSA) is 81.8 Å². The van der Waals surface area contributed by atoms with Crippen molar-refractivity contribution in [2.24, 2.45) is 0 Å². The Morgan fingerprint density at radius 1 is 1.17 bits per heavy atom. The number of H-pyrrole nitrogens is 2. The van der Waals surface area contributed by atoms with Gasteiger partial charge in [-0.3, -0.25) is 9.59 Å². The van der Waals surface area contributed by atoms with Gasteiger partial charge in [-0.25, -0.2) is 4.98 Å². The van der Waals surface area contributed by atoms with E-state index >= 15 is 0 Å². The van der Waals surface area contributed by atoms with Crippen LogP contribution in [0.3, 0.4) is 0 Å². The van der Waals surface area contributed by atoms with Gasteiger partial charge >= 0.3 is 0 Å². The van der Waals surface area contributed by atoms with E-state index in [9.17, 15) is 9.59 Å². The fraction of sp³-hybridized carbons (Fsp3) is 0.261. The van der Waals surface area contributed by atoms with Crippen molar-refractivity contribution in [1.82, 2.24) is 19.9 Å². The molecule has 30 heavy (non-hydrogen) atoms. The molecule has 1 amide bonds. The number of nitrogens with zero attached hydrogens (tertiary/aromatic N) is 2. The average Bonchev–Trinajstić information content (AvgIpc) is 3.14. The van der Waals surface area contributed by atoms with Crippen LogP contribution in [0.25, 0.3) is 21.8 Å². The molecule has 154 valence electrons. The monoisotopic (exact) mass is 422 g/mol. The number of halogens is 1. The molecule has 4 rings (SSSR count). The number of carbonyl (C=O) groups is 1. The molecular formula is C23H23ClN4O2. The molecule has 0 aliphatic rings. The molecule has 0 saturated carbocycles. The Labute approximate surface area is 178 Å². The number of aryl methyl sites for hydroxylation is 1. The fourth-order valence-electron chi connectivity index (χ4n) is 3.72. The van der Waals surface area contributed by atoms with Gasteiger partial charge in [0.1, 0.15) is 5.82 Å². The van der Waals surface area contributed by atoms with Gasteiger partial charge < -0.3 is 14.9 Å². The van der Waals surface area contributed by atoms with Crippen molar-refractivity contribution >= 4 is 39.3 Å². The van der Waals surface area contributed by atoms with E-state index in [4.69, 9.17) is 11.6 Å². The zero-order valence-electron chi connectivity index (χ0n) is 16.7. The third-order valence-electron chi connectivity index (χ3n) is 5.19. The highest BCUT2D eigenvalue weighted by Gasteiger charge is 2.16. The molecule has 2 aromatic heterocycles. The van der Waals surface area contributed by atoms with E-state index in [1.807, 2.05) is 31.3 Å². The molecule has 0 radical (unpaired) electrons. The van der Waals surface area contributed by atoms with Crippen LogP contribution in [0, 0.1) is 0 Å². The van der Waals surface area contributed by atoms with Gasteiger partial charge in [0.2, 0.25) is 5.91 Å². The largest absolute Gasteiger partial charge is 0.361 e. The molecule has 0 aliphatic carbocycles. The fourth-order valence-corrected chi connectivity index (χ4v) is 3.88. The smallest absolute Gasteiger partial charge is 0.258 e. The summed E-state index contributed by atoms with van der Waals surface area (Å²) in [7, 11) is 0. The molecule has 0 saturated heterocycles. The summed E-state index contributed by atoms with van der Waals surface area (Å²) in [5.41, 5.74) is 2.50. The van der Waals surface area contributed by atoms with Crippen molar-refractivity contribution in [3.63, 3.8) is 0 Å². The predicted molar refractivity (Wildman–Crippen MR) is 120 cm³/mol. The first-order chi connectivity index (χ1) is 14.5. The molecule has 2 N–H and O–H groups in total. The summed E-state index contributed by atoms with van der Waals surface area (Å²) in [5.74, 6) is 0.500. The maximum absolute atomic E-state index is 12.9. The summed E-state index contributed by atoms with van der Waals surface area (Å²) in [5, 5.41) is 2.15. The second-order valence-corrected chi connectivity index (χ2v) is 7.79. The third-order valence-corrected chi connectivity index (χ3v) is 5.42. The maximum Gasteiger partial charge on any atom is 0.258 e. The molecular weight excluding hydrogens is 400 g/mol. The predicted octanol–water partition coefficient (Wildman–Crippen LogP) is 4.43. The molecule has 0 atom stereocenters. The molecule has 0 unspecified atom stereocenters. The standard InChI is InChI=1S/C23H23ClN4O2/c1-2-11-28(14-21-26-20-12-16(24)8-9-18(20)23(30)27-21)22(29)10-7-15-13-25-19-6-4-3-5-17(15)19/h3-6,8-9,12-13,25H,2,7,10-11,14H2,1H3,(H,26,27,30). The summed E-state index contributed by atoms with van der Waals surface area (Å²) in [6.07, 6.45) is 3.84. The van der Waals surface area contributed by atoms with E-state index in [0.29, 0.717) is 41.1 Å². The highest BCUT2D eigenvalue weighted by atomic mass is 35.5. The third kappa shape index (κ3) is 4.24. The summed E-state index contributed by atoms with van der Waals surface area (Å²) in [6.45, 7) is 2.89. The number of hydrogen-bond donors (Lipinski definition) is 2. The molecule has 2 heterocycles.